The highest BCUT2D eigenvalue weighted by molar-refractivity contribution is 6.30. The highest BCUT2D eigenvalue weighted by Crippen LogP contribution is 2.28. The first-order valence-corrected chi connectivity index (χ1v) is 11.1. The van der Waals surface area contributed by atoms with E-state index in [4.69, 9.17) is 11.6 Å². The molecule has 1 saturated carbocycles. The van der Waals surface area contributed by atoms with Crippen molar-refractivity contribution in [2.45, 2.75) is 44.9 Å². The van der Waals surface area contributed by atoms with Crippen LogP contribution in [-0.4, -0.2) is 52.8 Å². The summed E-state index contributed by atoms with van der Waals surface area (Å²) >= 11 is 6.14. The fraction of sp³-hybridized carbons (Fsp3) is 0.522. The van der Waals surface area contributed by atoms with Crippen molar-refractivity contribution in [1.29, 1.82) is 0 Å². The van der Waals surface area contributed by atoms with E-state index in [2.05, 4.69) is 4.98 Å². The Hall–Kier alpha value is -2.14. The van der Waals surface area contributed by atoms with E-state index in [1.165, 1.54) is 32.1 Å². The first-order chi connectivity index (χ1) is 14.1. The van der Waals surface area contributed by atoms with Crippen LogP contribution >= 0.6 is 11.6 Å². The second kappa shape index (κ2) is 9.12. The zero-order chi connectivity index (χ0) is 20.2. The summed E-state index contributed by atoms with van der Waals surface area (Å²) in [5, 5.41) is 1.14. The number of halogens is 1. The van der Waals surface area contributed by atoms with Crippen LogP contribution in [-0.2, 0) is 4.79 Å². The largest absolute Gasteiger partial charge is 0.339 e. The molecule has 4 rings (SSSR count). The zero-order valence-corrected chi connectivity index (χ0v) is 17.5. The van der Waals surface area contributed by atoms with Crippen molar-refractivity contribution in [2.24, 2.45) is 5.92 Å². The maximum atomic E-state index is 13.1. The van der Waals surface area contributed by atoms with Crippen LogP contribution in [0.2, 0.25) is 5.15 Å². The maximum absolute atomic E-state index is 13.1. The van der Waals surface area contributed by atoms with Gasteiger partial charge in [-0.15, -0.1) is 0 Å². The van der Waals surface area contributed by atoms with E-state index in [1.54, 1.807) is 6.07 Å². The first-order valence-electron chi connectivity index (χ1n) is 10.7. The summed E-state index contributed by atoms with van der Waals surface area (Å²) in [7, 11) is 0. The maximum Gasteiger partial charge on any atom is 0.254 e. The fourth-order valence-corrected chi connectivity index (χ4v) is 4.81. The second-order valence-electron chi connectivity index (χ2n) is 8.23. The van der Waals surface area contributed by atoms with Gasteiger partial charge in [0, 0.05) is 38.0 Å². The molecule has 2 fully saturated rings. The van der Waals surface area contributed by atoms with Gasteiger partial charge in [-0.05, 0) is 24.5 Å². The standard InChI is InChI=1S/C23H28ClN3O2/c24-21-16-19(18-8-4-5-9-20(18)25-21)23(29)27-14-12-26(13-15-27)22(28)11-10-17-6-2-1-3-7-17/h4-5,8-9,16-17H,1-3,6-7,10-15H2. The smallest absolute Gasteiger partial charge is 0.254 e. The average Bonchev–Trinajstić information content (AvgIpc) is 2.77. The van der Waals surface area contributed by atoms with E-state index in [0.29, 0.717) is 43.3 Å². The van der Waals surface area contributed by atoms with Gasteiger partial charge in [-0.3, -0.25) is 9.59 Å². The van der Waals surface area contributed by atoms with Crippen molar-refractivity contribution >= 4 is 34.3 Å². The second-order valence-corrected chi connectivity index (χ2v) is 8.61. The molecule has 2 heterocycles. The lowest BCUT2D eigenvalue weighted by atomic mass is 9.86. The van der Waals surface area contributed by atoms with Gasteiger partial charge < -0.3 is 9.80 Å². The molecule has 5 nitrogen and oxygen atoms in total. The number of hydrogen-bond acceptors (Lipinski definition) is 3. The van der Waals surface area contributed by atoms with Crippen LogP contribution in [0.1, 0.15) is 55.3 Å². The molecule has 6 heteroatoms. The number of pyridine rings is 1. The Morgan fingerprint density at radius 1 is 1.00 bits per heavy atom. The number of carbonyl (C=O) groups is 2. The minimum Gasteiger partial charge on any atom is -0.339 e. The molecule has 154 valence electrons. The molecule has 1 aliphatic carbocycles. The Morgan fingerprint density at radius 2 is 1.69 bits per heavy atom. The van der Waals surface area contributed by atoms with Gasteiger partial charge in [0.25, 0.3) is 5.91 Å². The number of amides is 2. The predicted octanol–water partition coefficient (Wildman–Crippen LogP) is 4.53. The van der Waals surface area contributed by atoms with Crippen molar-refractivity contribution in [1.82, 2.24) is 14.8 Å². The summed E-state index contributed by atoms with van der Waals surface area (Å²) in [6.07, 6.45) is 8.18. The van der Waals surface area contributed by atoms with E-state index in [0.717, 1.165) is 23.2 Å². The molecule has 1 aliphatic heterocycles. The number of nitrogens with zero attached hydrogens (tertiary/aromatic N) is 3. The average molecular weight is 414 g/mol. The monoisotopic (exact) mass is 413 g/mol. The van der Waals surface area contributed by atoms with Gasteiger partial charge in [0.15, 0.2) is 0 Å². The molecule has 0 spiro atoms. The lowest BCUT2D eigenvalue weighted by Gasteiger charge is -2.35. The molecule has 1 saturated heterocycles. The number of piperazine rings is 1. The first kappa shape index (κ1) is 20.1. The third-order valence-corrected chi connectivity index (χ3v) is 6.52. The molecule has 0 unspecified atom stereocenters. The normalized spacial score (nSPS) is 18.2. The number of rotatable bonds is 4. The number of benzene rings is 1. The van der Waals surface area contributed by atoms with Gasteiger partial charge in [-0.25, -0.2) is 4.98 Å². The van der Waals surface area contributed by atoms with E-state index >= 15 is 0 Å². The SMILES string of the molecule is O=C(CCC1CCCCC1)N1CCN(C(=O)c2cc(Cl)nc3ccccc23)CC1. The Morgan fingerprint density at radius 3 is 2.45 bits per heavy atom. The summed E-state index contributed by atoms with van der Waals surface area (Å²) in [5.41, 5.74) is 1.30. The van der Waals surface area contributed by atoms with Crippen LogP contribution in [0.3, 0.4) is 0 Å². The van der Waals surface area contributed by atoms with Gasteiger partial charge in [-0.1, -0.05) is 61.9 Å². The molecule has 0 N–H and O–H groups in total. The van der Waals surface area contributed by atoms with Crippen LogP contribution in [0.4, 0.5) is 0 Å². The van der Waals surface area contributed by atoms with Crippen molar-refractivity contribution in [3.05, 3.63) is 41.0 Å². The summed E-state index contributed by atoms with van der Waals surface area (Å²) in [5.74, 6) is 0.917. The molecular formula is C23H28ClN3O2. The Bertz CT molecular complexity index is 887. The molecular weight excluding hydrogens is 386 g/mol. The van der Waals surface area contributed by atoms with Gasteiger partial charge in [0.1, 0.15) is 5.15 Å². The van der Waals surface area contributed by atoms with E-state index in [9.17, 15) is 9.59 Å². The minimum absolute atomic E-state index is 0.0418. The lowest BCUT2D eigenvalue weighted by Crippen LogP contribution is -2.50. The molecule has 2 aliphatic rings. The quantitative estimate of drug-likeness (QED) is 0.692. The summed E-state index contributed by atoms with van der Waals surface area (Å²) in [6, 6.07) is 9.20. The lowest BCUT2D eigenvalue weighted by molar-refractivity contribution is -0.133. The van der Waals surface area contributed by atoms with E-state index < -0.39 is 0 Å². The molecule has 2 aromatic rings. The number of hydrogen-bond donors (Lipinski definition) is 0. The van der Waals surface area contributed by atoms with E-state index in [-0.39, 0.29) is 11.8 Å². The third kappa shape index (κ3) is 4.72. The Labute approximate surface area is 177 Å². The summed E-state index contributed by atoms with van der Waals surface area (Å²) in [6.45, 7) is 2.32. The highest BCUT2D eigenvalue weighted by Gasteiger charge is 2.26. The van der Waals surface area contributed by atoms with Crippen molar-refractivity contribution in [3.63, 3.8) is 0 Å². The molecule has 1 aromatic carbocycles. The van der Waals surface area contributed by atoms with Crippen LogP contribution in [0.25, 0.3) is 10.9 Å². The Balaban J connectivity index is 1.35. The number of aromatic nitrogens is 1. The molecule has 29 heavy (non-hydrogen) atoms. The van der Waals surface area contributed by atoms with E-state index in [1.807, 2.05) is 34.1 Å². The minimum atomic E-state index is -0.0418. The summed E-state index contributed by atoms with van der Waals surface area (Å²) < 4.78 is 0. The van der Waals surface area contributed by atoms with Gasteiger partial charge in [0.2, 0.25) is 5.91 Å². The van der Waals surface area contributed by atoms with Gasteiger partial charge in [0.05, 0.1) is 11.1 Å². The molecule has 0 bridgehead atoms. The van der Waals surface area contributed by atoms with Crippen LogP contribution in [0.5, 0.6) is 0 Å². The number of para-hydroxylation sites is 1. The van der Waals surface area contributed by atoms with Crippen molar-refractivity contribution in [2.75, 3.05) is 26.2 Å². The Kier molecular flexibility index (Phi) is 6.34. The van der Waals surface area contributed by atoms with Crippen LogP contribution < -0.4 is 0 Å². The number of carbonyl (C=O) groups excluding carboxylic acids is 2. The third-order valence-electron chi connectivity index (χ3n) is 6.33. The van der Waals surface area contributed by atoms with Gasteiger partial charge >= 0.3 is 0 Å². The van der Waals surface area contributed by atoms with Crippen LogP contribution in [0.15, 0.2) is 30.3 Å². The topological polar surface area (TPSA) is 53.5 Å². The summed E-state index contributed by atoms with van der Waals surface area (Å²) in [4.78, 5) is 33.8. The van der Waals surface area contributed by atoms with Crippen molar-refractivity contribution in [3.8, 4) is 0 Å². The number of fused-ring (bicyclic) bond motifs is 1. The highest BCUT2D eigenvalue weighted by atomic mass is 35.5. The predicted molar refractivity (Wildman–Crippen MR) is 115 cm³/mol. The zero-order valence-electron chi connectivity index (χ0n) is 16.8. The molecule has 2 amide bonds. The fourth-order valence-electron chi connectivity index (χ4n) is 4.61. The molecule has 0 atom stereocenters. The molecule has 0 radical (unpaired) electrons. The van der Waals surface area contributed by atoms with Crippen LogP contribution in [0, 0.1) is 5.92 Å². The molecule has 1 aromatic heterocycles. The van der Waals surface area contributed by atoms with Gasteiger partial charge in [-0.2, -0.15) is 0 Å². The van der Waals surface area contributed by atoms with Crippen molar-refractivity contribution < 1.29 is 9.59 Å².